The largest absolute Gasteiger partial charge is 0.309 e. The Labute approximate surface area is 266 Å². The van der Waals surface area contributed by atoms with Gasteiger partial charge in [0.2, 0.25) is 0 Å². The predicted molar refractivity (Wildman–Crippen MR) is 191 cm³/mol. The molecule has 3 nitrogen and oxygen atoms in total. The normalized spacial score (nSPS) is 11.5. The maximum absolute atomic E-state index is 9.66. The molecule has 0 aliphatic carbocycles. The van der Waals surface area contributed by atoms with Gasteiger partial charge in [0.05, 0.1) is 39.4 Å². The Morgan fingerprint density at radius 3 is 1.61 bits per heavy atom. The van der Waals surface area contributed by atoms with E-state index in [2.05, 4.69) is 161 Å². The van der Waals surface area contributed by atoms with Gasteiger partial charge in [-0.1, -0.05) is 115 Å². The lowest BCUT2D eigenvalue weighted by atomic mass is 9.93. The molecule has 0 saturated heterocycles. The molecule has 0 bridgehead atoms. The molecule has 0 radical (unpaired) electrons. The first-order chi connectivity index (χ1) is 22.8. The van der Waals surface area contributed by atoms with Crippen molar-refractivity contribution in [3.8, 4) is 39.7 Å². The van der Waals surface area contributed by atoms with Crippen LogP contribution in [0.4, 0.5) is 0 Å². The van der Waals surface area contributed by atoms with Crippen LogP contribution in [0.2, 0.25) is 0 Å². The molecule has 9 rings (SSSR count). The summed E-state index contributed by atoms with van der Waals surface area (Å²) in [5.74, 6) is 0. The molecular weight excluding hydrogens is 558 g/mol. The number of hydrogen-bond acceptors (Lipinski definition) is 1. The average Bonchev–Trinajstić information content (AvgIpc) is 3.64. The van der Waals surface area contributed by atoms with Gasteiger partial charge in [0.1, 0.15) is 0 Å². The zero-order valence-corrected chi connectivity index (χ0v) is 24.9. The summed E-state index contributed by atoms with van der Waals surface area (Å²) in [6.07, 6.45) is 0. The minimum Gasteiger partial charge on any atom is -0.309 e. The van der Waals surface area contributed by atoms with Gasteiger partial charge in [-0.3, -0.25) is 0 Å². The predicted octanol–water partition coefficient (Wildman–Crippen LogP) is 11.1. The third-order valence-electron chi connectivity index (χ3n) is 9.16. The average molecular weight is 586 g/mol. The molecule has 0 N–H and O–H groups in total. The van der Waals surface area contributed by atoms with Crippen molar-refractivity contribution in [1.82, 2.24) is 9.13 Å². The number of nitrogens with zero attached hydrogens (tertiary/aromatic N) is 3. The summed E-state index contributed by atoms with van der Waals surface area (Å²) >= 11 is 0. The maximum atomic E-state index is 9.66. The van der Waals surface area contributed by atoms with Crippen LogP contribution in [0.15, 0.2) is 164 Å². The van der Waals surface area contributed by atoms with E-state index < -0.39 is 0 Å². The molecule has 0 spiro atoms. The molecule has 0 fully saturated rings. The molecule has 214 valence electrons. The van der Waals surface area contributed by atoms with Crippen molar-refractivity contribution in [3.05, 3.63) is 169 Å². The second kappa shape index (κ2) is 10.4. The van der Waals surface area contributed by atoms with Gasteiger partial charge in [0.25, 0.3) is 0 Å². The van der Waals surface area contributed by atoms with E-state index in [1.165, 1.54) is 49.3 Å². The Morgan fingerprint density at radius 1 is 0.391 bits per heavy atom. The lowest BCUT2D eigenvalue weighted by molar-refractivity contribution is 1.18. The number of hydrogen-bond donors (Lipinski definition) is 0. The molecule has 9 aromatic rings. The molecule has 7 aromatic carbocycles. The van der Waals surface area contributed by atoms with Gasteiger partial charge in [-0.05, 0) is 65.2 Å². The highest BCUT2D eigenvalue weighted by Crippen LogP contribution is 2.41. The SMILES string of the molecule is N#Cc1cccc(-n2c3ccccc3c3ccc(-c4ccccc4-c4ccccc4-n4c5ccccc5c5ccccc54)cc32)c1. The van der Waals surface area contributed by atoms with Crippen molar-refractivity contribution < 1.29 is 0 Å². The van der Waals surface area contributed by atoms with Crippen LogP contribution in [0.3, 0.4) is 0 Å². The molecule has 46 heavy (non-hydrogen) atoms. The van der Waals surface area contributed by atoms with Crippen LogP contribution in [0.25, 0.3) is 77.2 Å². The van der Waals surface area contributed by atoms with Crippen LogP contribution in [-0.4, -0.2) is 9.13 Å². The van der Waals surface area contributed by atoms with Crippen molar-refractivity contribution in [2.45, 2.75) is 0 Å². The van der Waals surface area contributed by atoms with Gasteiger partial charge in [-0.15, -0.1) is 0 Å². The maximum Gasteiger partial charge on any atom is 0.0992 e. The van der Waals surface area contributed by atoms with Crippen LogP contribution in [-0.2, 0) is 0 Å². The molecule has 0 unspecified atom stereocenters. The Hall–Kier alpha value is -6.37. The van der Waals surface area contributed by atoms with E-state index in [1.807, 2.05) is 18.2 Å². The first kappa shape index (κ1) is 26.1. The Balaban J connectivity index is 1.29. The number of para-hydroxylation sites is 4. The molecule has 0 aliphatic rings. The molecule has 0 atom stereocenters. The van der Waals surface area contributed by atoms with Crippen LogP contribution in [0.1, 0.15) is 5.56 Å². The second-order valence-corrected chi connectivity index (χ2v) is 11.7. The third kappa shape index (κ3) is 3.91. The summed E-state index contributed by atoms with van der Waals surface area (Å²) < 4.78 is 4.68. The number of nitriles is 1. The van der Waals surface area contributed by atoms with E-state index >= 15 is 0 Å². The van der Waals surface area contributed by atoms with Gasteiger partial charge in [0.15, 0.2) is 0 Å². The quantitative estimate of drug-likeness (QED) is 0.202. The van der Waals surface area contributed by atoms with E-state index in [9.17, 15) is 5.26 Å². The van der Waals surface area contributed by atoms with Crippen LogP contribution >= 0.6 is 0 Å². The zero-order valence-electron chi connectivity index (χ0n) is 24.9. The molecule has 0 aliphatic heterocycles. The molecular formula is C43H27N3. The minimum atomic E-state index is 0.645. The lowest BCUT2D eigenvalue weighted by Crippen LogP contribution is -1.98. The molecule has 0 saturated carbocycles. The number of fused-ring (bicyclic) bond motifs is 6. The topological polar surface area (TPSA) is 33.6 Å². The highest BCUT2D eigenvalue weighted by Gasteiger charge is 2.18. The molecule has 2 aromatic heterocycles. The molecule has 2 heterocycles. The van der Waals surface area contributed by atoms with Gasteiger partial charge >= 0.3 is 0 Å². The number of rotatable bonds is 4. The third-order valence-corrected chi connectivity index (χ3v) is 9.16. The van der Waals surface area contributed by atoms with Crippen LogP contribution in [0.5, 0.6) is 0 Å². The Morgan fingerprint density at radius 2 is 0.935 bits per heavy atom. The van der Waals surface area contributed by atoms with Crippen LogP contribution < -0.4 is 0 Å². The van der Waals surface area contributed by atoms with Crippen LogP contribution in [0, 0.1) is 11.3 Å². The van der Waals surface area contributed by atoms with E-state index in [4.69, 9.17) is 0 Å². The van der Waals surface area contributed by atoms with Gasteiger partial charge in [0, 0.05) is 32.8 Å². The Kier molecular flexibility index (Phi) is 5.88. The Bertz CT molecular complexity index is 2610. The summed E-state index contributed by atoms with van der Waals surface area (Å²) in [4.78, 5) is 0. The molecule has 3 heteroatoms. The standard InChI is InChI=1S/C43H27N3/c44-28-29-12-11-13-31(26-29)45-39-20-7-4-19-37(39)38-25-24-30(27-43(38)45)32-14-1-2-15-33(32)34-16-3-8-21-40(34)46-41-22-9-5-17-35(41)36-18-6-10-23-42(36)46/h1-27H. The molecule has 0 amide bonds. The highest BCUT2D eigenvalue weighted by atomic mass is 15.0. The van der Waals surface area contributed by atoms with Crippen molar-refractivity contribution in [3.63, 3.8) is 0 Å². The van der Waals surface area contributed by atoms with Gasteiger partial charge in [-0.2, -0.15) is 5.26 Å². The fraction of sp³-hybridized carbons (Fsp3) is 0. The smallest absolute Gasteiger partial charge is 0.0992 e. The monoisotopic (exact) mass is 585 g/mol. The highest BCUT2D eigenvalue weighted by molar-refractivity contribution is 6.11. The first-order valence-corrected chi connectivity index (χ1v) is 15.5. The fourth-order valence-electron chi connectivity index (χ4n) is 7.18. The van der Waals surface area contributed by atoms with E-state index in [-0.39, 0.29) is 0 Å². The zero-order chi connectivity index (χ0) is 30.6. The van der Waals surface area contributed by atoms with Crippen molar-refractivity contribution >= 4 is 43.6 Å². The van der Waals surface area contributed by atoms with Crippen molar-refractivity contribution in [2.75, 3.05) is 0 Å². The summed E-state index contributed by atoms with van der Waals surface area (Å²) in [6, 6.07) is 60.2. The minimum absolute atomic E-state index is 0.645. The van der Waals surface area contributed by atoms with Crippen molar-refractivity contribution in [1.29, 1.82) is 5.26 Å². The first-order valence-electron chi connectivity index (χ1n) is 15.5. The number of benzene rings is 7. The van der Waals surface area contributed by atoms with Gasteiger partial charge in [-0.25, -0.2) is 0 Å². The summed E-state index contributed by atoms with van der Waals surface area (Å²) in [5.41, 5.74) is 12.0. The van der Waals surface area contributed by atoms with E-state index in [0.717, 1.165) is 28.0 Å². The van der Waals surface area contributed by atoms with Crippen molar-refractivity contribution in [2.24, 2.45) is 0 Å². The van der Waals surface area contributed by atoms with E-state index in [1.54, 1.807) is 0 Å². The summed E-state index contributed by atoms with van der Waals surface area (Å²) in [7, 11) is 0. The fourth-order valence-corrected chi connectivity index (χ4v) is 7.18. The summed E-state index contributed by atoms with van der Waals surface area (Å²) in [5, 5.41) is 14.5. The summed E-state index contributed by atoms with van der Waals surface area (Å²) in [6.45, 7) is 0. The second-order valence-electron chi connectivity index (χ2n) is 11.7. The number of aromatic nitrogens is 2. The lowest BCUT2D eigenvalue weighted by Gasteiger charge is -2.17. The van der Waals surface area contributed by atoms with E-state index in [0.29, 0.717) is 5.56 Å². The van der Waals surface area contributed by atoms with Gasteiger partial charge < -0.3 is 9.13 Å².